The highest BCUT2D eigenvalue weighted by Crippen LogP contribution is 2.21. The monoisotopic (exact) mass is 192 g/mol. The smallest absolute Gasteiger partial charge is 0.295 e. The Bertz CT molecular complexity index is 501. The van der Waals surface area contributed by atoms with Crippen molar-refractivity contribution in [2.75, 3.05) is 0 Å². The minimum absolute atomic E-state index is 0.105. The summed E-state index contributed by atoms with van der Waals surface area (Å²) in [6, 6.07) is 0. The van der Waals surface area contributed by atoms with Crippen molar-refractivity contribution in [2.45, 2.75) is 0 Å². The van der Waals surface area contributed by atoms with Crippen LogP contribution in [0, 0.1) is 4.91 Å². The summed E-state index contributed by atoms with van der Waals surface area (Å²) in [5, 5.41) is 9.11. The topological polar surface area (TPSA) is 135 Å². The van der Waals surface area contributed by atoms with E-state index in [4.69, 9.17) is 5.84 Å². The molecule has 0 saturated carbocycles. The molecule has 0 amide bonds. The van der Waals surface area contributed by atoms with E-state index in [0.29, 0.717) is 11.2 Å². The number of aromatic amines is 1. The van der Waals surface area contributed by atoms with Gasteiger partial charge in [0.05, 0.1) is 6.33 Å². The number of rotatable bonds is 2. The van der Waals surface area contributed by atoms with Crippen molar-refractivity contribution < 1.29 is 0 Å². The first-order chi connectivity index (χ1) is 6.85. The quantitative estimate of drug-likeness (QED) is 0.312. The van der Waals surface area contributed by atoms with E-state index < -0.39 is 0 Å². The van der Waals surface area contributed by atoms with E-state index in [0.717, 1.165) is 0 Å². The number of hydrogen-bond acceptors (Lipinski definition) is 7. The molecule has 0 saturated heterocycles. The number of H-pyrrole nitrogens is 1. The van der Waals surface area contributed by atoms with Crippen molar-refractivity contribution in [3.05, 3.63) is 11.2 Å². The molecule has 3 N–H and O–H groups in total. The Morgan fingerprint density at radius 2 is 2.29 bits per heavy atom. The number of aromatic nitrogens is 4. The Balaban J connectivity index is 2.76. The number of nitrogens with zero attached hydrogens (tertiary/aromatic N) is 6. The van der Waals surface area contributed by atoms with Crippen LogP contribution in [0.25, 0.3) is 11.2 Å². The van der Waals surface area contributed by atoms with Gasteiger partial charge in [-0.15, -0.1) is 10.0 Å². The minimum atomic E-state index is -0.246. The zero-order chi connectivity index (χ0) is 9.97. The van der Waals surface area contributed by atoms with E-state index in [9.17, 15) is 4.91 Å². The molecule has 2 aromatic rings. The van der Waals surface area contributed by atoms with Gasteiger partial charge in [-0.1, -0.05) is 5.22 Å². The summed E-state index contributed by atoms with van der Waals surface area (Å²) in [7, 11) is 0. The number of nitrogens with two attached hydrogens (primary N) is 1. The number of nitrogens with one attached hydrogen (secondary N) is 1. The van der Waals surface area contributed by atoms with Gasteiger partial charge >= 0.3 is 0 Å². The van der Waals surface area contributed by atoms with E-state index in [1.165, 1.54) is 6.33 Å². The van der Waals surface area contributed by atoms with E-state index >= 15 is 0 Å². The zero-order valence-corrected chi connectivity index (χ0v) is 6.75. The van der Waals surface area contributed by atoms with Crippen LogP contribution in [0.5, 0.6) is 0 Å². The molecule has 0 radical (unpaired) electrons. The van der Waals surface area contributed by atoms with Crippen molar-refractivity contribution in [3.63, 3.8) is 0 Å². The molecule has 9 nitrogen and oxygen atoms in total. The lowest BCUT2D eigenvalue weighted by Gasteiger charge is -1.92. The first-order valence-corrected chi connectivity index (χ1v) is 3.50. The van der Waals surface area contributed by atoms with E-state index in [1.807, 2.05) is 0 Å². The normalized spacial score (nSPS) is 11.1. The molecule has 2 rings (SSSR count). The first-order valence-electron chi connectivity index (χ1n) is 3.50. The lowest BCUT2D eigenvalue weighted by atomic mass is 10.5. The summed E-state index contributed by atoms with van der Waals surface area (Å²) in [4.78, 5) is 24.2. The maximum atomic E-state index is 10.2. The van der Waals surface area contributed by atoms with Gasteiger partial charge in [-0.3, -0.25) is 0 Å². The molecule has 14 heavy (non-hydrogen) atoms. The van der Waals surface area contributed by atoms with Crippen LogP contribution in [0.4, 0.5) is 11.8 Å². The van der Waals surface area contributed by atoms with Gasteiger partial charge in [0.25, 0.3) is 5.95 Å². The molecule has 0 spiro atoms. The molecule has 0 aromatic carbocycles. The molecule has 2 aromatic heterocycles. The number of nitroso groups, excluding NO2 is 1. The van der Waals surface area contributed by atoms with Crippen molar-refractivity contribution in [1.29, 1.82) is 0 Å². The summed E-state index contributed by atoms with van der Waals surface area (Å²) in [6.07, 6.45) is 1.39. The number of imidazole rings is 1. The van der Waals surface area contributed by atoms with Gasteiger partial charge in [0, 0.05) is 5.18 Å². The maximum Gasteiger partial charge on any atom is 0.295 e. The fourth-order valence-electron chi connectivity index (χ4n) is 0.974. The average molecular weight is 192 g/mol. The van der Waals surface area contributed by atoms with Crippen LogP contribution < -0.4 is 5.84 Å². The molecule has 0 bridgehead atoms. The molecule has 0 atom stereocenters. The van der Waals surface area contributed by atoms with Crippen LogP contribution in [0.1, 0.15) is 0 Å². The van der Waals surface area contributed by atoms with E-state index in [1.54, 1.807) is 0 Å². The lowest BCUT2D eigenvalue weighted by Crippen LogP contribution is -1.85. The predicted octanol–water partition coefficient (Wildman–Crippen LogP) is 0.708. The summed E-state index contributed by atoms with van der Waals surface area (Å²) in [5.74, 6) is 4.72. The Morgan fingerprint density at radius 3 is 3.00 bits per heavy atom. The average Bonchev–Trinajstić information content (AvgIpc) is 2.66. The standard InChI is InChI=1S/C5H4N8O/c6-13-11-4-2-3(8-1-7-2)9-5(10-4)12-14/h1H,(H3,6,7,8,9,10,11). The summed E-state index contributed by atoms with van der Waals surface area (Å²) >= 11 is 0. The predicted molar refractivity (Wildman–Crippen MR) is 45.8 cm³/mol. The Hall–Kier alpha value is -2.45. The molecular formula is C5H4N8O. The molecule has 0 aliphatic rings. The van der Waals surface area contributed by atoms with Gasteiger partial charge in [0.2, 0.25) is 5.82 Å². The van der Waals surface area contributed by atoms with Gasteiger partial charge < -0.3 is 10.8 Å². The van der Waals surface area contributed by atoms with Crippen molar-refractivity contribution in [2.24, 2.45) is 21.4 Å². The molecule has 0 aliphatic carbocycles. The fraction of sp³-hybridized carbons (Fsp3) is 0. The van der Waals surface area contributed by atoms with Crippen molar-refractivity contribution >= 4 is 22.9 Å². The highest BCUT2D eigenvalue weighted by atomic mass is 16.3. The van der Waals surface area contributed by atoms with E-state index in [-0.39, 0.29) is 11.8 Å². The first kappa shape index (κ1) is 8.16. The van der Waals surface area contributed by atoms with Crippen LogP contribution in [0.2, 0.25) is 0 Å². The summed E-state index contributed by atoms with van der Waals surface area (Å²) in [5.41, 5.74) is 0.739. The van der Waals surface area contributed by atoms with Crippen LogP contribution in [0.15, 0.2) is 21.8 Å². The summed E-state index contributed by atoms with van der Waals surface area (Å²) < 4.78 is 0. The molecular weight excluding hydrogens is 188 g/mol. The van der Waals surface area contributed by atoms with Crippen LogP contribution in [-0.4, -0.2) is 19.9 Å². The molecule has 70 valence electrons. The Morgan fingerprint density at radius 1 is 1.43 bits per heavy atom. The van der Waals surface area contributed by atoms with Gasteiger partial charge in [-0.25, -0.2) is 4.98 Å². The highest BCUT2D eigenvalue weighted by molar-refractivity contribution is 5.81. The molecule has 0 fully saturated rings. The van der Waals surface area contributed by atoms with Gasteiger partial charge in [-0.2, -0.15) is 9.97 Å². The molecule has 9 heteroatoms. The van der Waals surface area contributed by atoms with Crippen molar-refractivity contribution in [3.8, 4) is 0 Å². The summed E-state index contributed by atoms with van der Waals surface area (Å²) in [6.45, 7) is 0. The Labute approximate surface area is 76.4 Å². The third-order valence-corrected chi connectivity index (χ3v) is 1.48. The molecule has 0 unspecified atom stereocenters. The van der Waals surface area contributed by atoms with Crippen LogP contribution >= 0.6 is 0 Å². The van der Waals surface area contributed by atoms with Crippen molar-refractivity contribution in [1.82, 2.24) is 19.9 Å². The lowest BCUT2D eigenvalue weighted by molar-refractivity contribution is 1.02. The third-order valence-electron chi connectivity index (χ3n) is 1.48. The SMILES string of the molecule is NN=Nc1nc(N=O)nc2[nH]cnc12. The highest BCUT2D eigenvalue weighted by Gasteiger charge is 2.09. The third kappa shape index (κ3) is 1.16. The maximum absolute atomic E-state index is 10.2. The zero-order valence-electron chi connectivity index (χ0n) is 6.75. The second-order valence-corrected chi connectivity index (χ2v) is 2.25. The largest absolute Gasteiger partial charge is 0.329 e. The number of fused-ring (bicyclic) bond motifs is 1. The second kappa shape index (κ2) is 3.12. The van der Waals surface area contributed by atoms with Gasteiger partial charge in [-0.05, 0) is 0 Å². The number of hydrogen-bond donors (Lipinski definition) is 2. The second-order valence-electron chi connectivity index (χ2n) is 2.25. The minimum Gasteiger partial charge on any atom is -0.329 e. The van der Waals surface area contributed by atoms with Crippen LogP contribution in [-0.2, 0) is 0 Å². The van der Waals surface area contributed by atoms with E-state index in [2.05, 4.69) is 35.5 Å². The fourth-order valence-corrected chi connectivity index (χ4v) is 0.974. The van der Waals surface area contributed by atoms with Crippen LogP contribution in [0.3, 0.4) is 0 Å². The van der Waals surface area contributed by atoms with Gasteiger partial charge in [0.15, 0.2) is 11.2 Å². The van der Waals surface area contributed by atoms with Gasteiger partial charge in [0.1, 0.15) is 0 Å². The molecule has 2 heterocycles. The molecule has 0 aliphatic heterocycles. The Kier molecular flexibility index (Phi) is 1.82.